The number of fused-ring (bicyclic) bond motifs is 11. The van der Waals surface area contributed by atoms with E-state index >= 15 is 0 Å². The zero-order chi connectivity index (χ0) is 47.3. The second-order valence-electron chi connectivity index (χ2n) is 19.2. The minimum atomic E-state index is -0.482. The first-order valence-corrected chi connectivity index (χ1v) is 24.7. The van der Waals surface area contributed by atoms with E-state index in [0.29, 0.717) is 0 Å². The van der Waals surface area contributed by atoms with E-state index in [4.69, 9.17) is 8.83 Å². The zero-order valence-corrected chi connectivity index (χ0v) is 39.1. The van der Waals surface area contributed by atoms with Gasteiger partial charge >= 0.3 is 0 Å². The van der Waals surface area contributed by atoms with Gasteiger partial charge in [0.15, 0.2) is 0 Å². The van der Waals surface area contributed by atoms with Crippen LogP contribution in [-0.2, 0) is 5.41 Å². The fourth-order valence-electron chi connectivity index (χ4n) is 11.9. The van der Waals surface area contributed by atoms with Gasteiger partial charge in [-0.25, -0.2) is 0 Å². The molecule has 2 aromatic heterocycles. The minimum Gasteiger partial charge on any atom is -0.456 e. The molecule has 0 spiro atoms. The fourth-order valence-corrected chi connectivity index (χ4v) is 11.9. The molecule has 0 fully saturated rings. The molecule has 2 heterocycles. The molecule has 3 heteroatoms. The Hall–Kier alpha value is -9.44. The van der Waals surface area contributed by atoms with Crippen LogP contribution in [0, 0.1) is 0 Å². The molecule has 0 atom stereocenters. The molecule has 12 aromatic carbocycles. The summed E-state index contributed by atoms with van der Waals surface area (Å²) >= 11 is 0. The molecule has 0 amide bonds. The third-order valence-corrected chi connectivity index (χ3v) is 15.3. The van der Waals surface area contributed by atoms with Crippen molar-refractivity contribution in [3.8, 4) is 33.4 Å². The third kappa shape index (κ3) is 6.17. The Bertz CT molecular complexity index is 4200. The first-order valence-electron chi connectivity index (χ1n) is 24.7. The van der Waals surface area contributed by atoms with Gasteiger partial charge in [0, 0.05) is 38.6 Å². The second-order valence-corrected chi connectivity index (χ2v) is 19.2. The van der Waals surface area contributed by atoms with Crippen molar-refractivity contribution in [1.82, 2.24) is 0 Å². The lowest BCUT2D eigenvalue weighted by Gasteiger charge is -2.34. The maximum atomic E-state index is 6.39. The van der Waals surface area contributed by atoms with Crippen LogP contribution < -0.4 is 4.90 Å². The molecule has 0 N–H and O–H groups in total. The molecule has 0 unspecified atom stereocenters. The Morgan fingerprint density at radius 1 is 0.264 bits per heavy atom. The molecular formula is C69H43NO2. The second kappa shape index (κ2) is 15.8. The highest BCUT2D eigenvalue weighted by atomic mass is 16.3. The molecule has 14 aromatic rings. The normalized spacial score (nSPS) is 12.8. The van der Waals surface area contributed by atoms with Gasteiger partial charge in [0.05, 0.1) is 5.41 Å². The SMILES string of the molecule is c1ccc(C2(c3ccccc3)c3ccccc3-c3cc(N(c4ccc(-c5ccc6oc7cc8ccccc8cc7c6c5)cc4)c4ccc(-c5ccc6oc7cc8ccccc8cc7c6c5)cc4)ccc32)cc1. The van der Waals surface area contributed by atoms with E-state index in [2.05, 4.69) is 266 Å². The first kappa shape index (κ1) is 40.4. The topological polar surface area (TPSA) is 29.5 Å². The summed E-state index contributed by atoms with van der Waals surface area (Å²) in [6.45, 7) is 0. The van der Waals surface area contributed by atoms with Gasteiger partial charge in [-0.3, -0.25) is 0 Å². The lowest BCUT2D eigenvalue weighted by molar-refractivity contribution is 0.669. The molecule has 0 radical (unpaired) electrons. The van der Waals surface area contributed by atoms with Crippen LogP contribution >= 0.6 is 0 Å². The minimum absolute atomic E-state index is 0.482. The van der Waals surface area contributed by atoms with Crippen molar-refractivity contribution in [2.24, 2.45) is 0 Å². The number of nitrogens with zero attached hydrogens (tertiary/aromatic N) is 1. The van der Waals surface area contributed by atoms with E-state index in [0.717, 1.165) is 83.2 Å². The molecule has 336 valence electrons. The predicted octanol–water partition coefficient (Wildman–Crippen LogP) is 19.0. The number of hydrogen-bond donors (Lipinski definition) is 0. The van der Waals surface area contributed by atoms with Crippen LogP contribution in [-0.4, -0.2) is 0 Å². The van der Waals surface area contributed by atoms with E-state index in [9.17, 15) is 0 Å². The van der Waals surface area contributed by atoms with Crippen molar-refractivity contribution >= 4 is 82.5 Å². The average molecular weight is 918 g/mol. The Labute approximate surface area is 416 Å². The van der Waals surface area contributed by atoms with Crippen LogP contribution in [0.5, 0.6) is 0 Å². The van der Waals surface area contributed by atoms with Crippen LogP contribution in [0.3, 0.4) is 0 Å². The molecule has 3 nitrogen and oxygen atoms in total. The predicted molar refractivity (Wildman–Crippen MR) is 299 cm³/mol. The van der Waals surface area contributed by atoms with E-state index < -0.39 is 5.41 Å². The van der Waals surface area contributed by atoms with Gasteiger partial charge in [-0.05, 0) is 162 Å². The van der Waals surface area contributed by atoms with E-state index in [-0.39, 0.29) is 0 Å². The molecule has 0 saturated heterocycles. The molecule has 0 aliphatic heterocycles. The van der Waals surface area contributed by atoms with Crippen molar-refractivity contribution in [2.75, 3.05) is 4.90 Å². The van der Waals surface area contributed by atoms with Crippen LogP contribution in [0.25, 0.3) is 98.8 Å². The van der Waals surface area contributed by atoms with Crippen LogP contribution in [0.15, 0.2) is 270 Å². The standard InChI is InChI=1S/C69H43NO2/c1-3-17-52(18-4-1)69(53-19-5-2-6-20-53)63-22-12-11-21-57(63)58-43-56(33-34-64(58)69)70(54-29-23-44(24-30-54)50-27-35-65-59(39-50)61-37-46-13-7-9-15-48(46)41-67(61)71-65)55-31-25-45(26-32-55)51-28-36-66-60(40-51)62-38-47-14-8-10-16-49(47)42-68(62)72-66/h1-43H. The van der Waals surface area contributed by atoms with Crippen molar-refractivity contribution in [3.63, 3.8) is 0 Å². The molecule has 72 heavy (non-hydrogen) atoms. The highest BCUT2D eigenvalue weighted by Gasteiger charge is 2.46. The average Bonchev–Trinajstić information content (AvgIpc) is 4.09. The van der Waals surface area contributed by atoms with Crippen LogP contribution in [0.4, 0.5) is 17.1 Å². The number of anilines is 3. The maximum Gasteiger partial charge on any atom is 0.136 e. The molecular weight excluding hydrogens is 875 g/mol. The number of furan rings is 2. The Morgan fingerprint density at radius 3 is 1.18 bits per heavy atom. The molecule has 15 rings (SSSR count). The zero-order valence-electron chi connectivity index (χ0n) is 39.1. The quantitative estimate of drug-likeness (QED) is 0.160. The lowest BCUT2D eigenvalue weighted by atomic mass is 9.68. The van der Waals surface area contributed by atoms with Crippen molar-refractivity contribution < 1.29 is 8.83 Å². The molecule has 1 aliphatic rings. The highest BCUT2D eigenvalue weighted by Crippen LogP contribution is 2.57. The molecule has 1 aliphatic carbocycles. The summed E-state index contributed by atoms with van der Waals surface area (Å²) in [4.78, 5) is 2.40. The Kier molecular flexibility index (Phi) is 8.87. The number of hydrogen-bond acceptors (Lipinski definition) is 3. The van der Waals surface area contributed by atoms with Gasteiger partial charge in [0.25, 0.3) is 0 Å². The smallest absolute Gasteiger partial charge is 0.136 e. The van der Waals surface area contributed by atoms with Crippen molar-refractivity contribution in [1.29, 1.82) is 0 Å². The van der Waals surface area contributed by atoms with Gasteiger partial charge in [0.2, 0.25) is 0 Å². The fraction of sp³-hybridized carbons (Fsp3) is 0.0145. The summed E-state index contributed by atoms with van der Waals surface area (Å²) < 4.78 is 12.8. The highest BCUT2D eigenvalue weighted by molar-refractivity contribution is 6.12. The monoisotopic (exact) mass is 917 g/mol. The van der Waals surface area contributed by atoms with E-state index in [1.165, 1.54) is 54.9 Å². The third-order valence-electron chi connectivity index (χ3n) is 15.3. The maximum absolute atomic E-state index is 6.39. The summed E-state index contributed by atoms with van der Waals surface area (Å²) in [5.41, 5.74) is 18.4. The number of rotatable bonds is 7. The Balaban J connectivity index is 0.865. The summed E-state index contributed by atoms with van der Waals surface area (Å²) in [7, 11) is 0. The van der Waals surface area contributed by atoms with Gasteiger partial charge in [-0.1, -0.05) is 176 Å². The van der Waals surface area contributed by atoms with Gasteiger partial charge < -0.3 is 13.7 Å². The number of benzene rings is 12. The molecule has 0 saturated carbocycles. The summed E-state index contributed by atoms with van der Waals surface area (Å²) in [5, 5.41) is 9.26. The van der Waals surface area contributed by atoms with E-state index in [1.807, 2.05) is 0 Å². The molecule has 0 bridgehead atoms. The summed E-state index contributed by atoms with van der Waals surface area (Å²) in [6, 6.07) is 95.0. The van der Waals surface area contributed by atoms with Gasteiger partial charge in [-0.15, -0.1) is 0 Å². The van der Waals surface area contributed by atoms with E-state index in [1.54, 1.807) is 0 Å². The lowest BCUT2D eigenvalue weighted by Crippen LogP contribution is -2.28. The Morgan fingerprint density at radius 2 is 0.667 bits per heavy atom. The largest absolute Gasteiger partial charge is 0.456 e. The van der Waals surface area contributed by atoms with Crippen molar-refractivity contribution in [2.45, 2.75) is 5.41 Å². The van der Waals surface area contributed by atoms with Crippen LogP contribution in [0.2, 0.25) is 0 Å². The van der Waals surface area contributed by atoms with Gasteiger partial charge in [0.1, 0.15) is 22.3 Å². The first-order chi connectivity index (χ1) is 35.6. The van der Waals surface area contributed by atoms with Gasteiger partial charge in [-0.2, -0.15) is 0 Å². The summed E-state index contributed by atoms with van der Waals surface area (Å²) in [5.74, 6) is 0. The van der Waals surface area contributed by atoms with Crippen molar-refractivity contribution in [3.05, 3.63) is 283 Å². The van der Waals surface area contributed by atoms with Crippen LogP contribution in [0.1, 0.15) is 22.3 Å². The summed E-state index contributed by atoms with van der Waals surface area (Å²) in [6.07, 6.45) is 0.